The number of aromatic nitrogens is 2. The van der Waals surface area contributed by atoms with Crippen molar-refractivity contribution < 1.29 is 9.59 Å². The van der Waals surface area contributed by atoms with E-state index in [4.69, 9.17) is 21.9 Å². The van der Waals surface area contributed by atoms with E-state index in [-0.39, 0.29) is 11.9 Å². The fourth-order valence-corrected chi connectivity index (χ4v) is 3.37. The zero-order chi connectivity index (χ0) is 20.4. The summed E-state index contributed by atoms with van der Waals surface area (Å²) in [4.78, 5) is 29.2. The Balaban J connectivity index is 1.75. The number of amides is 2. The second kappa shape index (κ2) is 7.87. The first-order chi connectivity index (χ1) is 13.3. The van der Waals surface area contributed by atoms with Crippen LogP contribution in [0.25, 0.3) is 11.0 Å². The summed E-state index contributed by atoms with van der Waals surface area (Å²) in [5.41, 5.74) is 13.9. The van der Waals surface area contributed by atoms with Crippen molar-refractivity contribution >= 4 is 28.8 Å². The van der Waals surface area contributed by atoms with Crippen LogP contribution in [0.1, 0.15) is 53.3 Å². The van der Waals surface area contributed by atoms with E-state index in [1.54, 1.807) is 6.07 Å². The minimum absolute atomic E-state index is 0.134. The summed E-state index contributed by atoms with van der Waals surface area (Å²) in [6.45, 7) is 2.36. The summed E-state index contributed by atoms with van der Waals surface area (Å²) in [5, 5.41) is 12.5. The van der Waals surface area contributed by atoms with Gasteiger partial charge in [0.2, 0.25) is 5.91 Å². The molecular formula is C19H27N7O2. The summed E-state index contributed by atoms with van der Waals surface area (Å²) in [5.74, 6) is 0.499. The Morgan fingerprint density at radius 2 is 2.07 bits per heavy atom. The fourth-order valence-electron chi connectivity index (χ4n) is 3.37. The smallest absolute Gasteiger partial charge is 0.252 e. The van der Waals surface area contributed by atoms with Crippen molar-refractivity contribution in [3.8, 4) is 0 Å². The average molecular weight is 385 g/mol. The average Bonchev–Trinajstić information content (AvgIpc) is 3.41. The number of nitrogens with two attached hydrogens (primary N) is 2. The lowest BCUT2D eigenvalue weighted by atomic mass is 10.1. The van der Waals surface area contributed by atoms with Crippen LogP contribution >= 0.6 is 0 Å². The van der Waals surface area contributed by atoms with Crippen LogP contribution in [-0.2, 0) is 11.8 Å². The Morgan fingerprint density at radius 1 is 1.36 bits per heavy atom. The SMILES string of the molecule is Cc1cc(C(=O)NC(CCCNC(=N)N)C(N)=O)cc2c1nc(C1CC1)n2C. The lowest BCUT2D eigenvalue weighted by molar-refractivity contribution is -0.120. The Labute approximate surface area is 163 Å². The predicted octanol–water partition coefficient (Wildman–Crippen LogP) is 0.606. The highest BCUT2D eigenvalue weighted by molar-refractivity contribution is 6.00. The molecule has 1 heterocycles. The number of carbonyl (C=O) groups is 2. The molecule has 1 aromatic heterocycles. The summed E-state index contributed by atoms with van der Waals surface area (Å²) in [7, 11) is 1.97. The first-order valence-electron chi connectivity index (χ1n) is 9.43. The highest BCUT2D eigenvalue weighted by Crippen LogP contribution is 2.40. The molecule has 150 valence electrons. The first-order valence-corrected chi connectivity index (χ1v) is 9.43. The number of nitrogens with one attached hydrogen (secondary N) is 3. The Kier molecular flexibility index (Phi) is 5.53. The van der Waals surface area contributed by atoms with Crippen molar-refractivity contribution in [3.05, 3.63) is 29.1 Å². The van der Waals surface area contributed by atoms with E-state index in [0.717, 1.165) is 35.3 Å². The van der Waals surface area contributed by atoms with Crippen LogP contribution < -0.4 is 22.1 Å². The van der Waals surface area contributed by atoms with Gasteiger partial charge in [0.1, 0.15) is 11.9 Å². The lowest BCUT2D eigenvalue weighted by Gasteiger charge is -2.16. The molecule has 9 heteroatoms. The number of rotatable bonds is 8. The summed E-state index contributed by atoms with van der Waals surface area (Å²) < 4.78 is 2.05. The monoisotopic (exact) mass is 385 g/mol. The molecule has 1 aromatic carbocycles. The Hall–Kier alpha value is -3.10. The molecule has 1 aliphatic carbocycles. The predicted molar refractivity (Wildman–Crippen MR) is 107 cm³/mol. The number of hydrogen-bond acceptors (Lipinski definition) is 4. The number of imidazole rings is 1. The minimum Gasteiger partial charge on any atom is -0.370 e. The number of guanidine groups is 1. The normalized spacial score (nSPS) is 14.6. The topological polar surface area (TPSA) is 152 Å². The maximum absolute atomic E-state index is 12.7. The maximum atomic E-state index is 12.7. The van der Waals surface area contributed by atoms with Crippen LogP contribution in [0.3, 0.4) is 0 Å². The molecule has 0 bridgehead atoms. The van der Waals surface area contributed by atoms with Crippen LogP contribution in [0.2, 0.25) is 0 Å². The van der Waals surface area contributed by atoms with Crippen LogP contribution in [0, 0.1) is 12.3 Å². The van der Waals surface area contributed by atoms with Crippen molar-refractivity contribution in [3.63, 3.8) is 0 Å². The van der Waals surface area contributed by atoms with Gasteiger partial charge in [-0.15, -0.1) is 0 Å². The van der Waals surface area contributed by atoms with E-state index in [9.17, 15) is 9.59 Å². The number of benzene rings is 1. The third-order valence-corrected chi connectivity index (χ3v) is 5.05. The second-order valence-electron chi connectivity index (χ2n) is 7.38. The van der Waals surface area contributed by atoms with Gasteiger partial charge in [0.25, 0.3) is 5.91 Å². The highest BCUT2D eigenvalue weighted by atomic mass is 16.2. The van der Waals surface area contributed by atoms with Gasteiger partial charge in [-0.2, -0.15) is 0 Å². The van der Waals surface area contributed by atoms with Crippen molar-refractivity contribution in [2.24, 2.45) is 18.5 Å². The maximum Gasteiger partial charge on any atom is 0.252 e. The Morgan fingerprint density at radius 3 is 2.68 bits per heavy atom. The first kappa shape index (κ1) is 19.7. The fraction of sp³-hybridized carbons (Fsp3) is 0.474. The number of aryl methyl sites for hydroxylation is 2. The van der Waals surface area contributed by atoms with Crippen molar-refractivity contribution in [1.82, 2.24) is 20.2 Å². The molecular weight excluding hydrogens is 358 g/mol. The van der Waals surface area contributed by atoms with Crippen LogP contribution in [0.15, 0.2) is 12.1 Å². The lowest BCUT2D eigenvalue weighted by Crippen LogP contribution is -2.45. The second-order valence-corrected chi connectivity index (χ2v) is 7.38. The number of nitrogens with zero attached hydrogens (tertiary/aromatic N) is 2. The molecule has 1 atom stereocenters. The molecule has 0 spiro atoms. The van der Waals surface area contributed by atoms with Gasteiger partial charge in [0.05, 0.1) is 11.0 Å². The standard InChI is InChI=1S/C19H27N7O2/c1-10-8-12(9-14-15(10)25-17(26(14)2)11-5-6-11)18(28)24-13(16(20)27)4-3-7-23-19(21)22/h8-9,11,13H,3-7H2,1-2H3,(H2,20,27)(H,24,28)(H4,21,22,23). The van der Waals surface area contributed by atoms with E-state index in [2.05, 4.69) is 15.2 Å². The van der Waals surface area contributed by atoms with Crippen molar-refractivity contribution in [1.29, 1.82) is 5.41 Å². The van der Waals surface area contributed by atoms with Crippen LogP contribution in [0.4, 0.5) is 0 Å². The van der Waals surface area contributed by atoms with Gasteiger partial charge in [-0.25, -0.2) is 4.98 Å². The van der Waals surface area contributed by atoms with Gasteiger partial charge in [-0.1, -0.05) is 0 Å². The van der Waals surface area contributed by atoms with Gasteiger partial charge in [-0.3, -0.25) is 15.0 Å². The summed E-state index contributed by atoms with van der Waals surface area (Å²) in [6, 6.07) is 2.81. The van der Waals surface area contributed by atoms with Crippen molar-refractivity contribution in [2.45, 2.75) is 44.6 Å². The molecule has 9 nitrogen and oxygen atoms in total. The van der Waals surface area contributed by atoms with Gasteiger partial charge in [-0.05, 0) is 50.3 Å². The van der Waals surface area contributed by atoms with Gasteiger partial charge < -0.3 is 26.7 Å². The van der Waals surface area contributed by atoms with Crippen LogP contribution in [0.5, 0.6) is 0 Å². The molecule has 1 fully saturated rings. The van der Waals surface area contributed by atoms with E-state index in [1.165, 1.54) is 0 Å². The molecule has 3 rings (SSSR count). The molecule has 0 aliphatic heterocycles. The number of hydrogen-bond donors (Lipinski definition) is 5. The quantitative estimate of drug-likeness (QED) is 0.256. The molecule has 2 aromatic rings. The highest BCUT2D eigenvalue weighted by Gasteiger charge is 2.29. The Bertz CT molecular complexity index is 930. The molecule has 7 N–H and O–H groups in total. The number of primary amides is 1. The van der Waals surface area contributed by atoms with E-state index < -0.39 is 11.9 Å². The molecule has 1 aliphatic rings. The molecule has 1 saturated carbocycles. The van der Waals surface area contributed by atoms with Gasteiger partial charge in [0.15, 0.2) is 5.96 Å². The molecule has 1 unspecified atom stereocenters. The van der Waals surface area contributed by atoms with Crippen molar-refractivity contribution in [2.75, 3.05) is 6.54 Å². The van der Waals surface area contributed by atoms with E-state index >= 15 is 0 Å². The largest absolute Gasteiger partial charge is 0.370 e. The summed E-state index contributed by atoms with van der Waals surface area (Å²) in [6.07, 6.45) is 3.21. The number of carbonyl (C=O) groups excluding carboxylic acids is 2. The molecule has 0 saturated heterocycles. The third kappa shape index (κ3) is 4.24. The van der Waals surface area contributed by atoms with E-state index in [1.807, 2.05) is 20.0 Å². The zero-order valence-electron chi connectivity index (χ0n) is 16.2. The summed E-state index contributed by atoms with van der Waals surface area (Å²) >= 11 is 0. The van der Waals surface area contributed by atoms with Crippen LogP contribution in [-0.4, -0.2) is 39.9 Å². The molecule has 28 heavy (non-hydrogen) atoms. The molecule has 2 amide bonds. The van der Waals surface area contributed by atoms with Gasteiger partial charge in [0, 0.05) is 25.1 Å². The zero-order valence-corrected chi connectivity index (χ0v) is 16.2. The molecule has 0 radical (unpaired) electrons. The third-order valence-electron chi connectivity index (χ3n) is 5.05. The van der Waals surface area contributed by atoms with E-state index in [0.29, 0.717) is 30.9 Å². The van der Waals surface area contributed by atoms with Gasteiger partial charge >= 0.3 is 0 Å². The minimum atomic E-state index is -0.786. The number of fused-ring (bicyclic) bond motifs is 1.